The molecule has 4 rings (SSSR count). The lowest BCUT2D eigenvalue weighted by atomic mass is 10.0. The van der Waals surface area contributed by atoms with E-state index in [0.717, 1.165) is 55.2 Å². The fraction of sp³-hybridized carbons (Fsp3) is 0.500. The van der Waals surface area contributed by atoms with Crippen molar-refractivity contribution in [2.24, 2.45) is 0 Å². The van der Waals surface area contributed by atoms with Gasteiger partial charge < -0.3 is 19.3 Å². The molecule has 0 saturated carbocycles. The Balaban J connectivity index is 1.41. The average molecular weight is 557 g/mol. The van der Waals surface area contributed by atoms with Gasteiger partial charge in [-0.3, -0.25) is 4.90 Å². The molecular formula is C30H38F2N4O4. The van der Waals surface area contributed by atoms with Crippen molar-refractivity contribution in [3.05, 3.63) is 60.2 Å². The molecule has 1 N–H and O–H groups in total. The monoisotopic (exact) mass is 556 g/mol. The van der Waals surface area contributed by atoms with E-state index in [0.29, 0.717) is 32.6 Å². The van der Waals surface area contributed by atoms with Gasteiger partial charge in [-0.2, -0.15) is 13.8 Å². The molecule has 3 aromatic rings. The van der Waals surface area contributed by atoms with Crippen molar-refractivity contribution >= 4 is 11.7 Å². The van der Waals surface area contributed by atoms with Crippen LogP contribution in [0.4, 0.5) is 19.3 Å². The number of carbonyl (C=O) groups is 1. The summed E-state index contributed by atoms with van der Waals surface area (Å²) < 4.78 is 42.6. The van der Waals surface area contributed by atoms with Crippen LogP contribution in [0.3, 0.4) is 0 Å². The topological polar surface area (TPSA) is 89.7 Å². The second-order valence-corrected chi connectivity index (χ2v) is 10.4. The zero-order chi connectivity index (χ0) is 28.5. The summed E-state index contributed by atoms with van der Waals surface area (Å²) in [6.45, 7) is 6.50. The number of unbranched alkanes of at least 4 members (excludes halogenated alkanes) is 2. The Hall–Kier alpha value is -3.53. The number of amides is 2. The number of carbonyl (C=O) groups excluding carboxylic acids is 1. The van der Waals surface area contributed by atoms with E-state index in [1.165, 1.54) is 0 Å². The van der Waals surface area contributed by atoms with Crippen LogP contribution in [0.15, 0.2) is 53.1 Å². The maximum absolute atomic E-state index is 13.4. The third kappa shape index (κ3) is 8.48. The number of ether oxygens (including phenoxy) is 2. The van der Waals surface area contributed by atoms with Crippen LogP contribution in [0, 0.1) is 0 Å². The number of hydrogen-bond acceptors (Lipinski definition) is 6. The highest BCUT2D eigenvalue weighted by Gasteiger charge is 2.32. The number of aryl methyl sites for hydroxylation is 1. The number of halogens is 2. The van der Waals surface area contributed by atoms with Gasteiger partial charge in [-0.15, -0.1) is 0 Å². The molecule has 1 aliphatic rings. The van der Waals surface area contributed by atoms with E-state index in [4.69, 9.17) is 9.47 Å². The van der Waals surface area contributed by atoms with Gasteiger partial charge in [-0.05, 0) is 74.9 Å². The van der Waals surface area contributed by atoms with E-state index < -0.39 is 11.8 Å². The third-order valence-corrected chi connectivity index (χ3v) is 6.64. The summed E-state index contributed by atoms with van der Waals surface area (Å²) in [4.78, 5) is 19.0. The number of anilines is 1. The number of benzene rings is 2. The Morgan fingerprint density at radius 3 is 2.52 bits per heavy atom. The fourth-order valence-corrected chi connectivity index (χ4v) is 4.56. The lowest BCUT2D eigenvalue weighted by Gasteiger charge is -2.29. The number of urea groups is 1. The number of nitrogens with one attached hydrogen (secondary N) is 1. The van der Waals surface area contributed by atoms with Gasteiger partial charge >= 0.3 is 12.0 Å². The standard InChI is InChI=1S/C30H38F2N4O4/c1-21(2)39-26-13-11-22(12-14-26)23-8-7-9-25(20-23)36(29(37)33-24-15-18-38-19-16-24)17-6-4-5-10-27-34-28(40-35-27)30(3,31)32/h7-9,11-14,20-21,24H,4-6,10,15-19H2,1-3H3,(H,33,37). The van der Waals surface area contributed by atoms with Gasteiger partial charge in [0.25, 0.3) is 5.89 Å². The molecule has 2 aromatic carbocycles. The normalized spacial score (nSPS) is 14.3. The lowest BCUT2D eigenvalue weighted by Crippen LogP contribution is -2.47. The van der Waals surface area contributed by atoms with Gasteiger partial charge in [0.2, 0.25) is 0 Å². The van der Waals surface area contributed by atoms with Crippen LogP contribution in [0.1, 0.15) is 64.6 Å². The zero-order valence-electron chi connectivity index (χ0n) is 23.4. The van der Waals surface area contributed by atoms with Gasteiger partial charge in [0.15, 0.2) is 5.82 Å². The van der Waals surface area contributed by atoms with Gasteiger partial charge in [0.1, 0.15) is 5.75 Å². The van der Waals surface area contributed by atoms with E-state index in [-0.39, 0.29) is 24.0 Å². The first kappa shape index (κ1) is 29.5. The molecule has 1 fully saturated rings. The molecule has 1 saturated heterocycles. The van der Waals surface area contributed by atoms with E-state index in [1.807, 2.05) is 62.4 Å². The molecule has 0 atom stereocenters. The van der Waals surface area contributed by atoms with Crippen molar-refractivity contribution in [2.75, 3.05) is 24.7 Å². The highest BCUT2D eigenvalue weighted by atomic mass is 19.3. The molecule has 10 heteroatoms. The molecule has 0 spiro atoms. The molecule has 2 heterocycles. The number of nitrogens with zero attached hydrogens (tertiary/aromatic N) is 3. The molecule has 1 aliphatic heterocycles. The first-order valence-electron chi connectivity index (χ1n) is 13.9. The van der Waals surface area contributed by atoms with Crippen LogP contribution in [0.2, 0.25) is 0 Å². The van der Waals surface area contributed by atoms with E-state index in [2.05, 4.69) is 20.0 Å². The Labute approximate surface area is 234 Å². The van der Waals surface area contributed by atoms with Gasteiger partial charge in [0.05, 0.1) is 6.10 Å². The average Bonchev–Trinajstić information content (AvgIpc) is 3.41. The summed E-state index contributed by atoms with van der Waals surface area (Å²) in [7, 11) is 0. The summed E-state index contributed by atoms with van der Waals surface area (Å²) in [5.41, 5.74) is 2.83. The Kier molecular flexibility index (Phi) is 10.1. The van der Waals surface area contributed by atoms with E-state index >= 15 is 0 Å². The molecular weight excluding hydrogens is 518 g/mol. The van der Waals surface area contributed by atoms with Crippen molar-refractivity contribution in [1.29, 1.82) is 0 Å². The molecule has 0 aliphatic carbocycles. The van der Waals surface area contributed by atoms with Gasteiger partial charge in [-0.1, -0.05) is 35.8 Å². The van der Waals surface area contributed by atoms with Crippen molar-refractivity contribution in [3.63, 3.8) is 0 Å². The van der Waals surface area contributed by atoms with Crippen molar-refractivity contribution in [3.8, 4) is 16.9 Å². The Bertz CT molecular complexity index is 1220. The van der Waals surface area contributed by atoms with Crippen molar-refractivity contribution in [2.45, 2.75) is 77.4 Å². The van der Waals surface area contributed by atoms with Crippen molar-refractivity contribution in [1.82, 2.24) is 15.5 Å². The summed E-state index contributed by atoms with van der Waals surface area (Å²) in [5.74, 6) is -2.74. The fourth-order valence-electron chi connectivity index (χ4n) is 4.56. The maximum Gasteiger partial charge on any atom is 0.322 e. The third-order valence-electron chi connectivity index (χ3n) is 6.64. The molecule has 8 nitrogen and oxygen atoms in total. The SMILES string of the molecule is CC(C)Oc1ccc(-c2cccc(N(CCCCCc3noc(C(C)(F)F)n3)C(=O)NC3CCOCC3)c2)cc1. The summed E-state index contributed by atoms with van der Waals surface area (Å²) in [5, 5.41) is 6.83. The zero-order valence-corrected chi connectivity index (χ0v) is 23.4. The van der Waals surface area contributed by atoms with Crippen LogP contribution in [0.5, 0.6) is 5.75 Å². The molecule has 0 bridgehead atoms. The minimum atomic E-state index is -3.15. The second-order valence-electron chi connectivity index (χ2n) is 10.4. The molecule has 216 valence electrons. The number of rotatable bonds is 12. The van der Waals surface area contributed by atoms with Crippen LogP contribution >= 0.6 is 0 Å². The highest BCUT2D eigenvalue weighted by Crippen LogP contribution is 2.28. The van der Waals surface area contributed by atoms with Gasteiger partial charge in [0, 0.05) is 44.8 Å². The Morgan fingerprint density at radius 1 is 1.10 bits per heavy atom. The lowest BCUT2D eigenvalue weighted by molar-refractivity contribution is -0.0158. The smallest absolute Gasteiger partial charge is 0.322 e. The van der Waals surface area contributed by atoms with Gasteiger partial charge in [-0.25, -0.2) is 4.79 Å². The number of aromatic nitrogens is 2. The molecule has 40 heavy (non-hydrogen) atoms. The van der Waals surface area contributed by atoms with Crippen molar-refractivity contribution < 1.29 is 27.6 Å². The minimum Gasteiger partial charge on any atom is -0.491 e. The summed E-state index contributed by atoms with van der Waals surface area (Å²) in [6.07, 6.45) is 4.28. The predicted octanol–water partition coefficient (Wildman–Crippen LogP) is 6.74. The Morgan fingerprint density at radius 2 is 1.85 bits per heavy atom. The summed E-state index contributed by atoms with van der Waals surface area (Å²) in [6, 6.07) is 15.8. The molecule has 1 aromatic heterocycles. The van der Waals surface area contributed by atoms with Crippen LogP contribution in [0.25, 0.3) is 11.1 Å². The first-order valence-corrected chi connectivity index (χ1v) is 13.9. The van der Waals surface area contributed by atoms with Crippen LogP contribution in [-0.2, 0) is 17.1 Å². The highest BCUT2D eigenvalue weighted by molar-refractivity contribution is 5.93. The largest absolute Gasteiger partial charge is 0.491 e. The molecule has 0 unspecified atom stereocenters. The van der Waals surface area contributed by atoms with E-state index in [9.17, 15) is 13.6 Å². The number of alkyl halides is 2. The second kappa shape index (κ2) is 13.7. The molecule has 0 radical (unpaired) electrons. The maximum atomic E-state index is 13.4. The first-order chi connectivity index (χ1) is 19.2. The predicted molar refractivity (Wildman–Crippen MR) is 149 cm³/mol. The molecule has 2 amide bonds. The minimum absolute atomic E-state index is 0.0737. The number of hydrogen-bond donors (Lipinski definition) is 1. The summed E-state index contributed by atoms with van der Waals surface area (Å²) >= 11 is 0. The van der Waals surface area contributed by atoms with E-state index in [1.54, 1.807) is 4.90 Å². The quantitative estimate of drug-likeness (QED) is 0.249. The van der Waals surface area contributed by atoms with Crippen LogP contribution in [-0.4, -0.2) is 48.1 Å². The van der Waals surface area contributed by atoms with Crippen LogP contribution < -0.4 is 15.0 Å².